The van der Waals surface area contributed by atoms with Crippen molar-refractivity contribution in [1.82, 2.24) is 9.80 Å². The summed E-state index contributed by atoms with van der Waals surface area (Å²) in [5.74, 6) is 0.376. The largest absolute Gasteiger partial charge is 0.467 e. The smallest absolute Gasteiger partial charge is 0.242 e. The molecule has 2 atom stereocenters. The van der Waals surface area contributed by atoms with Crippen molar-refractivity contribution in [2.24, 2.45) is 0 Å². The van der Waals surface area contributed by atoms with E-state index in [0.29, 0.717) is 19.5 Å². The Labute approximate surface area is 185 Å². The molecule has 2 heterocycles. The lowest BCUT2D eigenvalue weighted by molar-refractivity contribution is -0.144. The summed E-state index contributed by atoms with van der Waals surface area (Å²) in [4.78, 5) is 30.3. The SMILES string of the molecule is CCC(C(=O)N(CC(=O)N(Cc1ccco1)CC1CCCO1)C(C)C)c1ccccc1. The zero-order valence-corrected chi connectivity index (χ0v) is 18.8. The van der Waals surface area contributed by atoms with Crippen LogP contribution < -0.4 is 0 Å². The number of rotatable bonds is 10. The summed E-state index contributed by atoms with van der Waals surface area (Å²) in [5, 5.41) is 0. The monoisotopic (exact) mass is 426 g/mol. The minimum absolute atomic E-state index is 0.00730. The molecule has 1 aliphatic heterocycles. The van der Waals surface area contributed by atoms with Crippen LogP contribution in [0.1, 0.15) is 57.3 Å². The van der Waals surface area contributed by atoms with Crippen LogP contribution in [0.25, 0.3) is 0 Å². The number of nitrogens with zero attached hydrogens (tertiary/aromatic N) is 2. The summed E-state index contributed by atoms with van der Waals surface area (Å²) in [6, 6.07) is 13.4. The number of ether oxygens (including phenoxy) is 1. The number of carbonyl (C=O) groups is 2. The number of hydrogen-bond acceptors (Lipinski definition) is 4. The molecular formula is C25H34N2O4. The predicted octanol–water partition coefficient (Wildman–Crippen LogP) is 4.22. The van der Waals surface area contributed by atoms with E-state index in [1.807, 2.05) is 63.2 Å². The van der Waals surface area contributed by atoms with E-state index in [1.54, 1.807) is 16.1 Å². The highest BCUT2D eigenvalue weighted by molar-refractivity contribution is 5.88. The van der Waals surface area contributed by atoms with Crippen LogP contribution in [0.2, 0.25) is 0 Å². The van der Waals surface area contributed by atoms with Crippen molar-refractivity contribution in [3.8, 4) is 0 Å². The van der Waals surface area contributed by atoms with E-state index >= 15 is 0 Å². The molecule has 0 bridgehead atoms. The second kappa shape index (κ2) is 11.1. The molecule has 31 heavy (non-hydrogen) atoms. The highest BCUT2D eigenvalue weighted by atomic mass is 16.5. The topological polar surface area (TPSA) is 63.0 Å². The van der Waals surface area contributed by atoms with Crippen LogP contribution in [0.3, 0.4) is 0 Å². The molecule has 2 aromatic rings. The van der Waals surface area contributed by atoms with Crippen molar-refractivity contribution < 1.29 is 18.7 Å². The molecule has 0 spiro atoms. The first kappa shape index (κ1) is 23.1. The molecule has 0 radical (unpaired) electrons. The Kier molecular flexibility index (Phi) is 8.29. The summed E-state index contributed by atoms with van der Waals surface area (Å²) < 4.78 is 11.2. The standard InChI is InChI=1S/C25H34N2O4/c1-4-23(20-10-6-5-7-11-20)25(29)27(19(2)3)18-24(28)26(16-21-12-8-14-30-21)17-22-13-9-15-31-22/h5-8,10-12,14,19,22-23H,4,9,13,15-18H2,1-3H3. The Morgan fingerprint density at radius 3 is 2.48 bits per heavy atom. The molecule has 2 amide bonds. The normalized spacial score (nSPS) is 17.0. The minimum atomic E-state index is -0.256. The summed E-state index contributed by atoms with van der Waals surface area (Å²) in [5.41, 5.74) is 0.986. The van der Waals surface area contributed by atoms with Crippen LogP contribution >= 0.6 is 0 Å². The lowest BCUT2D eigenvalue weighted by Crippen LogP contribution is -2.48. The van der Waals surface area contributed by atoms with Gasteiger partial charge in [0.2, 0.25) is 11.8 Å². The van der Waals surface area contributed by atoms with Gasteiger partial charge in [0.25, 0.3) is 0 Å². The first-order valence-corrected chi connectivity index (χ1v) is 11.3. The molecule has 3 rings (SSSR count). The van der Waals surface area contributed by atoms with Gasteiger partial charge >= 0.3 is 0 Å². The van der Waals surface area contributed by atoms with Gasteiger partial charge in [-0.15, -0.1) is 0 Å². The summed E-state index contributed by atoms with van der Waals surface area (Å²) in [6.07, 6.45) is 4.29. The average molecular weight is 427 g/mol. The third kappa shape index (κ3) is 6.20. The Hall–Kier alpha value is -2.60. The zero-order valence-electron chi connectivity index (χ0n) is 18.8. The number of hydrogen-bond donors (Lipinski definition) is 0. The van der Waals surface area contributed by atoms with Gasteiger partial charge in [0.05, 0.1) is 24.8 Å². The van der Waals surface area contributed by atoms with Gasteiger partial charge < -0.3 is 19.0 Å². The summed E-state index contributed by atoms with van der Waals surface area (Å²) >= 11 is 0. The van der Waals surface area contributed by atoms with Crippen LogP contribution in [0.4, 0.5) is 0 Å². The van der Waals surface area contributed by atoms with Gasteiger partial charge in [-0.25, -0.2) is 0 Å². The molecule has 0 saturated carbocycles. The van der Waals surface area contributed by atoms with Crippen LogP contribution in [0.5, 0.6) is 0 Å². The van der Waals surface area contributed by atoms with Crippen molar-refractivity contribution in [3.63, 3.8) is 0 Å². The molecule has 6 heteroatoms. The van der Waals surface area contributed by atoms with Crippen molar-refractivity contribution in [1.29, 1.82) is 0 Å². The van der Waals surface area contributed by atoms with E-state index in [-0.39, 0.29) is 36.4 Å². The van der Waals surface area contributed by atoms with E-state index in [4.69, 9.17) is 9.15 Å². The van der Waals surface area contributed by atoms with Crippen molar-refractivity contribution in [3.05, 3.63) is 60.1 Å². The van der Waals surface area contributed by atoms with E-state index in [2.05, 4.69) is 0 Å². The van der Waals surface area contributed by atoms with Crippen LogP contribution in [0, 0.1) is 0 Å². The minimum Gasteiger partial charge on any atom is -0.467 e. The second-order valence-corrected chi connectivity index (χ2v) is 8.42. The van der Waals surface area contributed by atoms with Gasteiger partial charge in [0, 0.05) is 19.2 Å². The number of amides is 2. The van der Waals surface area contributed by atoms with Crippen molar-refractivity contribution in [2.75, 3.05) is 19.7 Å². The molecule has 1 fully saturated rings. The van der Waals surface area contributed by atoms with Gasteiger partial charge in [-0.2, -0.15) is 0 Å². The molecule has 1 aromatic carbocycles. The van der Waals surface area contributed by atoms with Gasteiger partial charge in [0.1, 0.15) is 12.3 Å². The second-order valence-electron chi connectivity index (χ2n) is 8.42. The van der Waals surface area contributed by atoms with Gasteiger partial charge in [-0.3, -0.25) is 9.59 Å². The van der Waals surface area contributed by atoms with E-state index in [9.17, 15) is 9.59 Å². The fourth-order valence-corrected chi connectivity index (χ4v) is 4.08. The molecule has 0 N–H and O–H groups in total. The van der Waals surface area contributed by atoms with Crippen LogP contribution in [0.15, 0.2) is 53.1 Å². The van der Waals surface area contributed by atoms with Crippen molar-refractivity contribution in [2.45, 2.75) is 64.6 Å². The Bertz CT molecular complexity index is 813. The highest BCUT2D eigenvalue weighted by Gasteiger charge is 2.30. The molecular weight excluding hydrogens is 392 g/mol. The quantitative estimate of drug-likeness (QED) is 0.571. The fourth-order valence-electron chi connectivity index (χ4n) is 4.08. The third-order valence-corrected chi connectivity index (χ3v) is 5.85. The average Bonchev–Trinajstić information content (AvgIpc) is 3.46. The van der Waals surface area contributed by atoms with Crippen molar-refractivity contribution >= 4 is 11.8 Å². The molecule has 1 aromatic heterocycles. The number of carbonyl (C=O) groups excluding carboxylic acids is 2. The molecule has 0 aliphatic carbocycles. The van der Waals surface area contributed by atoms with Gasteiger partial charge in [-0.1, -0.05) is 37.3 Å². The predicted molar refractivity (Wildman–Crippen MR) is 119 cm³/mol. The number of furan rings is 1. The summed E-state index contributed by atoms with van der Waals surface area (Å²) in [7, 11) is 0. The Morgan fingerprint density at radius 1 is 1.13 bits per heavy atom. The van der Waals surface area contributed by atoms with E-state index < -0.39 is 0 Å². The first-order valence-electron chi connectivity index (χ1n) is 11.3. The third-order valence-electron chi connectivity index (χ3n) is 5.85. The van der Waals surface area contributed by atoms with E-state index in [0.717, 1.165) is 30.8 Å². The molecule has 2 unspecified atom stereocenters. The maximum atomic E-state index is 13.4. The van der Waals surface area contributed by atoms with Crippen LogP contribution in [-0.2, 0) is 20.9 Å². The molecule has 168 valence electrons. The lowest BCUT2D eigenvalue weighted by Gasteiger charge is -2.33. The van der Waals surface area contributed by atoms with Gasteiger partial charge in [-0.05, 0) is 50.8 Å². The van der Waals surface area contributed by atoms with E-state index in [1.165, 1.54) is 0 Å². The maximum absolute atomic E-state index is 13.4. The zero-order chi connectivity index (χ0) is 22.2. The highest BCUT2D eigenvalue weighted by Crippen LogP contribution is 2.23. The number of benzene rings is 1. The summed E-state index contributed by atoms with van der Waals surface area (Å²) in [6.45, 7) is 7.60. The van der Waals surface area contributed by atoms with Gasteiger partial charge in [0.15, 0.2) is 0 Å². The first-order chi connectivity index (χ1) is 15.0. The molecule has 1 saturated heterocycles. The molecule has 1 aliphatic rings. The Balaban J connectivity index is 1.74. The molecule has 6 nitrogen and oxygen atoms in total. The lowest BCUT2D eigenvalue weighted by atomic mass is 9.94. The maximum Gasteiger partial charge on any atom is 0.242 e. The Morgan fingerprint density at radius 2 is 1.90 bits per heavy atom. The van der Waals surface area contributed by atoms with Crippen LogP contribution in [-0.4, -0.2) is 53.5 Å². The fraction of sp³-hybridized carbons (Fsp3) is 0.520.